The van der Waals surface area contributed by atoms with Crippen LogP contribution in [-0.4, -0.2) is 28.2 Å². The lowest BCUT2D eigenvalue weighted by molar-refractivity contribution is 0.387. The maximum Gasteiger partial charge on any atom is 0.167 e. The van der Waals surface area contributed by atoms with Gasteiger partial charge < -0.3 is 9.30 Å². The maximum atomic E-state index is 13.8. The average Bonchev–Trinajstić information content (AvgIpc) is 2.83. The molecular formula is C15H20ClFN2OS. The van der Waals surface area contributed by atoms with Gasteiger partial charge in [0.15, 0.2) is 11.6 Å². The molecule has 2 rings (SSSR count). The minimum absolute atomic E-state index is 0.236. The van der Waals surface area contributed by atoms with Gasteiger partial charge in [-0.1, -0.05) is 6.92 Å². The van der Waals surface area contributed by atoms with Gasteiger partial charge in [0.25, 0.3) is 0 Å². The van der Waals surface area contributed by atoms with E-state index in [0.717, 1.165) is 29.3 Å². The molecule has 0 aliphatic heterocycles. The van der Waals surface area contributed by atoms with Crippen LogP contribution in [0.5, 0.6) is 5.75 Å². The number of imidazole rings is 1. The van der Waals surface area contributed by atoms with E-state index in [9.17, 15) is 4.39 Å². The molecule has 0 fully saturated rings. The predicted molar refractivity (Wildman–Crippen MR) is 88.1 cm³/mol. The van der Waals surface area contributed by atoms with Crippen LogP contribution in [0.1, 0.15) is 32.1 Å². The van der Waals surface area contributed by atoms with Gasteiger partial charge in [-0.3, -0.25) is 0 Å². The Hall–Kier alpha value is -0.940. The van der Waals surface area contributed by atoms with Crippen molar-refractivity contribution in [3.63, 3.8) is 0 Å². The second kappa shape index (κ2) is 7.36. The number of hydrogen-bond donors (Lipinski definition) is 0. The van der Waals surface area contributed by atoms with E-state index >= 15 is 0 Å². The number of thioether (sulfide) groups is 1. The maximum absolute atomic E-state index is 13.8. The van der Waals surface area contributed by atoms with E-state index in [1.165, 1.54) is 13.2 Å². The average molecular weight is 331 g/mol. The van der Waals surface area contributed by atoms with Crippen molar-refractivity contribution >= 4 is 34.4 Å². The second-order valence-corrected chi connectivity index (χ2v) is 6.50. The highest BCUT2D eigenvalue weighted by atomic mass is 35.5. The lowest BCUT2D eigenvalue weighted by atomic mass is 10.2. The zero-order valence-electron chi connectivity index (χ0n) is 12.5. The van der Waals surface area contributed by atoms with Crippen molar-refractivity contribution in [3.05, 3.63) is 23.8 Å². The Morgan fingerprint density at radius 3 is 2.86 bits per heavy atom. The fourth-order valence-electron chi connectivity index (χ4n) is 2.42. The molecule has 0 radical (unpaired) electrons. The summed E-state index contributed by atoms with van der Waals surface area (Å²) in [5.74, 6) is 3.11. The van der Waals surface area contributed by atoms with Crippen LogP contribution in [0, 0.1) is 5.82 Å². The Balaban J connectivity index is 2.44. The first kappa shape index (κ1) is 16.4. The van der Waals surface area contributed by atoms with Crippen molar-refractivity contribution in [1.82, 2.24) is 9.55 Å². The van der Waals surface area contributed by atoms with E-state index in [4.69, 9.17) is 16.3 Å². The van der Waals surface area contributed by atoms with Crippen molar-refractivity contribution in [2.24, 2.45) is 0 Å². The molecule has 1 aromatic heterocycles. The van der Waals surface area contributed by atoms with E-state index < -0.39 is 5.82 Å². The topological polar surface area (TPSA) is 27.1 Å². The summed E-state index contributed by atoms with van der Waals surface area (Å²) in [4.78, 5) is 4.45. The molecule has 0 bridgehead atoms. The normalized spacial score (nSPS) is 12.8. The molecule has 0 amide bonds. The molecular weight excluding hydrogens is 311 g/mol. The van der Waals surface area contributed by atoms with E-state index in [1.54, 1.807) is 6.07 Å². The molecule has 1 atom stereocenters. The number of fused-ring (bicyclic) bond motifs is 1. The molecule has 0 saturated carbocycles. The number of nitrogens with zero attached hydrogens (tertiary/aromatic N) is 2. The first-order chi connectivity index (χ1) is 10.1. The second-order valence-electron chi connectivity index (χ2n) is 4.84. The monoisotopic (exact) mass is 330 g/mol. The number of aromatic nitrogens is 2. The van der Waals surface area contributed by atoms with E-state index in [1.807, 2.05) is 11.8 Å². The third-order valence-electron chi connectivity index (χ3n) is 3.48. The van der Waals surface area contributed by atoms with Crippen LogP contribution in [0.15, 0.2) is 12.1 Å². The zero-order chi connectivity index (χ0) is 15.4. The summed E-state index contributed by atoms with van der Waals surface area (Å²) >= 11 is 7.92. The minimum Gasteiger partial charge on any atom is -0.494 e. The molecule has 0 aliphatic carbocycles. The van der Waals surface area contributed by atoms with Gasteiger partial charge in [-0.25, -0.2) is 9.37 Å². The molecule has 3 nitrogen and oxygen atoms in total. The SMILES string of the molecule is CCSCCC(C)n1c(CCl)nc2cc(F)c(OC)cc21. The molecule has 21 heavy (non-hydrogen) atoms. The van der Waals surface area contributed by atoms with Gasteiger partial charge in [0.05, 0.1) is 24.0 Å². The van der Waals surface area contributed by atoms with Crippen molar-refractivity contribution in [2.75, 3.05) is 18.6 Å². The number of benzene rings is 1. The summed E-state index contributed by atoms with van der Waals surface area (Å²) in [5.41, 5.74) is 1.50. The summed E-state index contributed by atoms with van der Waals surface area (Å²) in [6, 6.07) is 3.38. The van der Waals surface area contributed by atoms with Gasteiger partial charge in [0, 0.05) is 18.2 Å². The third-order valence-corrected chi connectivity index (χ3v) is 4.65. The van der Waals surface area contributed by atoms with Crippen LogP contribution in [0.3, 0.4) is 0 Å². The van der Waals surface area contributed by atoms with E-state index in [-0.39, 0.29) is 11.8 Å². The van der Waals surface area contributed by atoms with Crippen LogP contribution < -0.4 is 4.74 Å². The molecule has 0 saturated heterocycles. The molecule has 0 N–H and O–H groups in total. The molecule has 2 aromatic rings. The molecule has 116 valence electrons. The van der Waals surface area contributed by atoms with Crippen molar-refractivity contribution < 1.29 is 9.13 Å². The zero-order valence-corrected chi connectivity index (χ0v) is 14.1. The Kier molecular flexibility index (Phi) is 5.76. The van der Waals surface area contributed by atoms with Gasteiger partial charge >= 0.3 is 0 Å². The number of halogens is 2. The lowest BCUT2D eigenvalue weighted by Crippen LogP contribution is -2.09. The lowest BCUT2D eigenvalue weighted by Gasteiger charge is -2.17. The molecule has 0 aliphatic rings. The van der Waals surface area contributed by atoms with E-state index in [0.29, 0.717) is 11.4 Å². The highest BCUT2D eigenvalue weighted by molar-refractivity contribution is 7.99. The molecule has 6 heteroatoms. The van der Waals surface area contributed by atoms with Gasteiger partial charge in [-0.15, -0.1) is 11.6 Å². The van der Waals surface area contributed by atoms with Gasteiger partial charge in [-0.05, 0) is 24.9 Å². The van der Waals surface area contributed by atoms with Gasteiger partial charge in [0.1, 0.15) is 5.82 Å². The number of hydrogen-bond acceptors (Lipinski definition) is 3. The molecule has 0 spiro atoms. The molecule has 1 unspecified atom stereocenters. The Morgan fingerprint density at radius 2 is 2.24 bits per heavy atom. The number of alkyl halides is 1. The van der Waals surface area contributed by atoms with Crippen molar-refractivity contribution in [3.8, 4) is 5.75 Å². The van der Waals surface area contributed by atoms with E-state index in [2.05, 4.69) is 23.4 Å². The van der Waals surface area contributed by atoms with Crippen molar-refractivity contribution in [1.29, 1.82) is 0 Å². The van der Waals surface area contributed by atoms with Crippen LogP contribution in [0.25, 0.3) is 11.0 Å². The number of methoxy groups -OCH3 is 1. The van der Waals surface area contributed by atoms with Crippen LogP contribution in [0.2, 0.25) is 0 Å². The first-order valence-electron chi connectivity index (χ1n) is 7.00. The fourth-order valence-corrected chi connectivity index (χ4v) is 3.40. The Bertz CT molecular complexity index is 617. The van der Waals surface area contributed by atoms with Crippen molar-refractivity contribution in [2.45, 2.75) is 32.2 Å². The number of rotatable bonds is 7. The van der Waals surface area contributed by atoms with Gasteiger partial charge in [0.2, 0.25) is 0 Å². The van der Waals surface area contributed by atoms with Crippen LogP contribution >= 0.6 is 23.4 Å². The first-order valence-corrected chi connectivity index (χ1v) is 8.69. The highest BCUT2D eigenvalue weighted by Gasteiger charge is 2.17. The summed E-state index contributed by atoms with van der Waals surface area (Å²) < 4.78 is 21.0. The Morgan fingerprint density at radius 1 is 1.48 bits per heavy atom. The third kappa shape index (κ3) is 3.46. The molecule has 1 heterocycles. The summed E-state index contributed by atoms with van der Waals surface area (Å²) in [6.07, 6.45) is 1.02. The highest BCUT2D eigenvalue weighted by Crippen LogP contribution is 2.29. The summed E-state index contributed by atoms with van der Waals surface area (Å²) in [6.45, 7) is 4.29. The summed E-state index contributed by atoms with van der Waals surface area (Å²) in [5, 5.41) is 0. The van der Waals surface area contributed by atoms with Gasteiger partial charge in [-0.2, -0.15) is 11.8 Å². The van der Waals surface area contributed by atoms with Crippen LogP contribution in [-0.2, 0) is 5.88 Å². The molecule has 1 aromatic carbocycles. The number of ether oxygens (including phenoxy) is 1. The fraction of sp³-hybridized carbons (Fsp3) is 0.533. The largest absolute Gasteiger partial charge is 0.494 e. The van der Waals surface area contributed by atoms with Crippen LogP contribution in [0.4, 0.5) is 4.39 Å². The Labute approximate surface area is 133 Å². The predicted octanol–water partition coefficient (Wildman–Crippen LogP) is 4.63. The quantitative estimate of drug-likeness (QED) is 0.547. The summed E-state index contributed by atoms with van der Waals surface area (Å²) in [7, 11) is 1.47. The smallest absolute Gasteiger partial charge is 0.167 e. The minimum atomic E-state index is -0.398. The standard InChI is InChI=1S/C15H20ClFN2OS/c1-4-21-6-5-10(2)19-13-8-14(20-3)11(17)7-12(13)18-15(19)9-16/h7-8,10H,4-6,9H2,1-3H3.